The molecule has 12 nitrogen and oxygen atoms in total. The molecule has 1 saturated heterocycles. The molecule has 2 aromatic carbocycles. The highest BCUT2D eigenvalue weighted by Crippen LogP contribution is 2.30. The van der Waals surface area contributed by atoms with Gasteiger partial charge in [0.05, 0.1) is 24.4 Å². The maximum atomic E-state index is 14.4. The van der Waals surface area contributed by atoms with Crippen LogP contribution in [0, 0.1) is 5.82 Å². The minimum Gasteiger partial charge on any atom is -0.378 e. The molecule has 3 aromatic heterocycles. The molecule has 43 heavy (non-hydrogen) atoms. The first-order valence-corrected chi connectivity index (χ1v) is 13.4. The Morgan fingerprint density at radius 1 is 0.837 bits per heavy atom. The number of hydrogen-bond donors (Lipinski definition) is 3. The molecule has 3 N–H and O–H groups in total. The molecule has 5 aromatic rings. The van der Waals surface area contributed by atoms with Gasteiger partial charge in [-0.05, 0) is 48.5 Å². The summed E-state index contributed by atoms with van der Waals surface area (Å²) < 4.78 is 19.9. The summed E-state index contributed by atoms with van der Waals surface area (Å²) in [7, 11) is 0. The van der Waals surface area contributed by atoms with E-state index in [4.69, 9.17) is 19.7 Å². The summed E-state index contributed by atoms with van der Waals surface area (Å²) in [5, 5.41) is 7.66. The number of amides is 3. The predicted octanol–water partition coefficient (Wildman–Crippen LogP) is 4.73. The number of aromatic nitrogens is 5. The normalized spacial score (nSPS) is 13.0. The Hall–Kier alpha value is -5.56. The molecule has 1 fully saturated rings. The van der Waals surface area contributed by atoms with Gasteiger partial charge < -0.3 is 25.6 Å². The zero-order valence-electron chi connectivity index (χ0n) is 23.0. The van der Waals surface area contributed by atoms with Gasteiger partial charge in [-0.3, -0.25) is 9.78 Å². The summed E-state index contributed by atoms with van der Waals surface area (Å²) in [6.45, 7) is 3.86. The highest BCUT2D eigenvalue weighted by molar-refractivity contribution is 6.00. The first kappa shape index (κ1) is 27.6. The summed E-state index contributed by atoms with van der Waals surface area (Å²) in [6.07, 6.45) is 6.68. The van der Waals surface area contributed by atoms with Crippen molar-refractivity contribution in [2.75, 3.05) is 47.2 Å². The summed E-state index contributed by atoms with van der Waals surface area (Å²) in [6, 6.07) is 12.3. The number of anilines is 4. The van der Waals surface area contributed by atoms with E-state index in [2.05, 4.69) is 30.8 Å². The number of urea groups is 1. The fourth-order valence-corrected chi connectivity index (χ4v) is 4.62. The second kappa shape index (κ2) is 12.1. The third kappa shape index (κ3) is 6.36. The van der Waals surface area contributed by atoms with Crippen molar-refractivity contribution < 1.29 is 18.7 Å². The van der Waals surface area contributed by atoms with Crippen LogP contribution in [0.3, 0.4) is 0 Å². The van der Waals surface area contributed by atoms with Gasteiger partial charge in [0.25, 0.3) is 0 Å². The van der Waals surface area contributed by atoms with Crippen LogP contribution in [-0.4, -0.2) is 63.2 Å². The molecule has 0 spiro atoms. The van der Waals surface area contributed by atoms with Crippen molar-refractivity contribution in [2.45, 2.75) is 6.92 Å². The quantitative estimate of drug-likeness (QED) is 0.260. The smallest absolute Gasteiger partial charge is 0.323 e. The molecular formula is C30H26FN9O3. The molecule has 0 bridgehead atoms. The molecule has 1 aliphatic heterocycles. The number of hydrogen-bond acceptors (Lipinski definition) is 9. The number of fused-ring (bicyclic) bond motifs is 1. The molecule has 216 valence electrons. The fraction of sp³-hybridized carbons (Fsp3) is 0.167. The van der Waals surface area contributed by atoms with Gasteiger partial charge in [0, 0.05) is 66.7 Å². The molecule has 6 rings (SSSR count). The summed E-state index contributed by atoms with van der Waals surface area (Å²) in [5.41, 5.74) is 4.48. The van der Waals surface area contributed by atoms with E-state index in [1.165, 1.54) is 25.4 Å². The van der Waals surface area contributed by atoms with Crippen molar-refractivity contribution in [3.8, 4) is 22.5 Å². The summed E-state index contributed by atoms with van der Waals surface area (Å²) >= 11 is 0. The topological polar surface area (TPSA) is 147 Å². The van der Waals surface area contributed by atoms with Crippen molar-refractivity contribution in [3.05, 3.63) is 79.3 Å². The molecule has 4 heterocycles. The average molecular weight is 580 g/mol. The number of pyridine rings is 1. The van der Waals surface area contributed by atoms with E-state index in [0.717, 1.165) is 22.8 Å². The first-order chi connectivity index (χ1) is 20.9. The zero-order valence-corrected chi connectivity index (χ0v) is 23.0. The van der Waals surface area contributed by atoms with E-state index >= 15 is 0 Å². The van der Waals surface area contributed by atoms with Crippen molar-refractivity contribution >= 4 is 45.9 Å². The molecule has 0 radical (unpaired) electrons. The van der Waals surface area contributed by atoms with Gasteiger partial charge in [0.15, 0.2) is 11.6 Å². The van der Waals surface area contributed by atoms with Crippen molar-refractivity contribution in [2.24, 2.45) is 0 Å². The van der Waals surface area contributed by atoms with Gasteiger partial charge in [-0.2, -0.15) is 0 Å². The lowest BCUT2D eigenvalue weighted by molar-refractivity contribution is -0.114. The predicted molar refractivity (Wildman–Crippen MR) is 160 cm³/mol. The summed E-state index contributed by atoms with van der Waals surface area (Å²) in [4.78, 5) is 48.5. The van der Waals surface area contributed by atoms with Crippen LogP contribution in [0.15, 0.2) is 73.4 Å². The Morgan fingerprint density at radius 2 is 1.58 bits per heavy atom. The van der Waals surface area contributed by atoms with Crippen LogP contribution < -0.4 is 20.9 Å². The van der Waals surface area contributed by atoms with Gasteiger partial charge in [-0.1, -0.05) is 0 Å². The minimum absolute atomic E-state index is 0.0292. The largest absolute Gasteiger partial charge is 0.378 e. The number of halogens is 1. The van der Waals surface area contributed by atoms with E-state index < -0.39 is 11.8 Å². The Bertz CT molecular complexity index is 1800. The number of benzene rings is 2. The Balaban J connectivity index is 1.25. The summed E-state index contributed by atoms with van der Waals surface area (Å²) in [5.74, 6) is 0.206. The second-order valence-corrected chi connectivity index (χ2v) is 9.72. The van der Waals surface area contributed by atoms with Crippen LogP contribution >= 0.6 is 0 Å². The van der Waals surface area contributed by atoms with E-state index in [0.29, 0.717) is 60.4 Å². The number of ether oxygens (including phenoxy) is 1. The zero-order chi connectivity index (χ0) is 29.8. The van der Waals surface area contributed by atoms with Crippen molar-refractivity contribution in [1.82, 2.24) is 24.9 Å². The molecule has 0 aliphatic carbocycles. The molecular weight excluding hydrogens is 553 g/mol. The van der Waals surface area contributed by atoms with Gasteiger partial charge in [-0.25, -0.2) is 29.1 Å². The third-order valence-electron chi connectivity index (χ3n) is 6.66. The SMILES string of the molecule is CC(=O)Nc1ccc(NC(=O)Nc2ccc(-c3nc(N4CCOCC4)c4ncc(-c5cncnc5)cc4n3)cc2)c(F)c1. The maximum absolute atomic E-state index is 14.4. The lowest BCUT2D eigenvalue weighted by Gasteiger charge is -2.28. The number of morpholine rings is 1. The Labute approximate surface area is 245 Å². The third-order valence-corrected chi connectivity index (χ3v) is 6.66. The van der Waals surface area contributed by atoms with E-state index in [1.54, 1.807) is 42.9 Å². The van der Waals surface area contributed by atoms with E-state index in [-0.39, 0.29) is 11.6 Å². The highest BCUT2D eigenvalue weighted by Gasteiger charge is 2.20. The Kier molecular flexibility index (Phi) is 7.78. The molecule has 3 amide bonds. The van der Waals surface area contributed by atoms with Crippen LogP contribution in [0.5, 0.6) is 0 Å². The van der Waals surface area contributed by atoms with E-state index in [1.807, 2.05) is 6.07 Å². The van der Waals surface area contributed by atoms with Crippen LogP contribution in [0.4, 0.5) is 32.1 Å². The first-order valence-electron chi connectivity index (χ1n) is 13.4. The van der Waals surface area contributed by atoms with Gasteiger partial charge in [0.2, 0.25) is 5.91 Å². The Morgan fingerprint density at radius 3 is 2.30 bits per heavy atom. The van der Waals surface area contributed by atoms with E-state index in [9.17, 15) is 14.0 Å². The lowest BCUT2D eigenvalue weighted by Crippen LogP contribution is -2.37. The van der Waals surface area contributed by atoms with Gasteiger partial charge >= 0.3 is 6.03 Å². The van der Waals surface area contributed by atoms with Crippen LogP contribution in [-0.2, 0) is 9.53 Å². The standard InChI is InChI=1S/C30H26FN9O3/c1-18(41)35-23-6-7-25(24(31)13-23)38-30(42)36-22-4-2-19(3-5-22)28-37-26-12-20(21-14-32-17-33-15-21)16-34-27(26)29(39-28)40-8-10-43-11-9-40/h2-7,12-17H,8-11H2,1H3,(H,35,41)(H2,36,38,42). The van der Waals surface area contributed by atoms with Gasteiger partial charge in [0.1, 0.15) is 17.7 Å². The van der Waals surface area contributed by atoms with Crippen molar-refractivity contribution in [3.63, 3.8) is 0 Å². The minimum atomic E-state index is -0.682. The molecule has 0 saturated carbocycles. The monoisotopic (exact) mass is 579 g/mol. The fourth-order valence-electron chi connectivity index (χ4n) is 4.62. The van der Waals surface area contributed by atoms with Crippen LogP contribution in [0.25, 0.3) is 33.5 Å². The number of rotatable bonds is 6. The highest BCUT2D eigenvalue weighted by atomic mass is 19.1. The van der Waals surface area contributed by atoms with Crippen LogP contribution in [0.2, 0.25) is 0 Å². The van der Waals surface area contributed by atoms with Crippen LogP contribution in [0.1, 0.15) is 6.92 Å². The molecule has 13 heteroatoms. The lowest BCUT2D eigenvalue weighted by atomic mass is 10.1. The molecule has 1 aliphatic rings. The van der Waals surface area contributed by atoms with Gasteiger partial charge in [-0.15, -0.1) is 0 Å². The number of nitrogens with zero attached hydrogens (tertiary/aromatic N) is 6. The molecule has 0 unspecified atom stereocenters. The van der Waals surface area contributed by atoms with Crippen molar-refractivity contribution in [1.29, 1.82) is 0 Å². The molecule has 0 atom stereocenters. The number of carbonyl (C=O) groups is 2. The second-order valence-electron chi connectivity index (χ2n) is 9.72. The number of carbonyl (C=O) groups excluding carboxylic acids is 2. The maximum Gasteiger partial charge on any atom is 0.323 e. The number of nitrogens with one attached hydrogen (secondary N) is 3. The average Bonchev–Trinajstić information content (AvgIpc) is 3.02.